The second-order valence-corrected chi connectivity index (χ2v) is 8.14. The lowest BCUT2D eigenvalue weighted by atomic mass is 10.0. The molecule has 1 aliphatic heterocycles. The maximum atomic E-state index is 13.5. The van der Waals surface area contributed by atoms with Crippen LogP contribution < -0.4 is 5.32 Å². The Kier molecular flexibility index (Phi) is 7.87. The monoisotopic (exact) mass is 468 g/mol. The molecule has 1 aliphatic rings. The molecule has 0 saturated carbocycles. The first-order chi connectivity index (χ1) is 15.5. The molecule has 1 atom stereocenters. The number of anilines is 2. The minimum Gasteiger partial charge on any atom is -0.462 e. The molecule has 8 heteroatoms. The Bertz CT molecular complexity index is 1170. The van der Waals surface area contributed by atoms with Gasteiger partial charge >= 0.3 is 5.97 Å². The van der Waals surface area contributed by atoms with Gasteiger partial charge in [-0.3, -0.25) is 4.79 Å². The van der Waals surface area contributed by atoms with Crippen LogP contribution in [0, 0.1) is 6.92 Å². The van der Waals surface area contributed by atoms with Crippen LogP contribution in [0.2, 0.25) is 0 Å². The number of rotatable bonds is 5. The Morgan fingerprint density at radius 1 is 1.21 bits per heavy atom. The third kappa shape index (κ3) is 5.25. The van der Waals surface area contributed by atoms with Gasteiger partial charge in [-0.15, -0.1) is 12.4 Å². The van der Waals surface area contributed by atoms with E-state index in [2.05, 4.69) is 22.2 Å². The molecule has 1 saturated heterocycles. The van der Waals surface area contributed by atoms with Crippen LogP contribution in [0.5, 0.6) is 0 Å². The Labute approximate surface area is 200 Å². The number of likely N-dealkylation sites (tertiary alicyclic amines) is 1. The summed E-state index contributed by atoms with van der Waals surface area (Å²) < 4.78 is 5.12. The van der Waals surface area contributed by atoms with Crippen molar-refractivity contribution in [1.82, 2.24) is 14.9 Å². The average molecular weight is 469 g/mol. The lowest BCUT2D eigenvalue weighted by molar-refractivity contribution is 0.0525. The number of nitrogens with one attached hydrogen (secondary N) is 1. The number of ether oxygens (including phenoxy) is 1. The van der Waals surface area contributed by atoms with Gasteiger partial charge in [0.1, 0.15) is 0 Å². The summed E-state index contributed by atoms with van der Waals surface area (Å²) in [6.45, 7) is 6.82. The molecule has 0 radical (unpaired) electrons. The Morgan fingerprint density at radius 2 is 2.03 bits per heavy atom. The van der Waals surface area contributed by atoms with Crippen LogP contribution in [0.1, 0.15) is 59.5 Å². The molecule has 4 rings (SSSR count). The lowest BCUT2D eigenvalue weighted by Gasteiger charge is -2.34. The third-order valence-electron chi connectivity index (χ3n) is 5.81. The van der Waals surface area contributed by atoms with Gasteiger partial charge in [0.25, 0.3) is 5.91 Å². The molecule has 1 fully saturated rings. The molecule has 3 heterocycles. The first-order valence-electron chi connectivity index (χ1n) is 11.1. The second kappa shape index (κ2) is 10.6. The minimum atomic E-state index is -0.383. The van der Waals surface area contributed by atoms with Gasteiger partial charge in [-0.1, -0.05) is 6.07 Å². The highest BCUT2D eigenvalue weighted by molar-refractivity contribution is 6.07. The van der Waals surface area contributed by atoms with Gasteiger partial charge in [-0.2, -0.15) is 0 Å². The van der Waals surface area contributed by atoms with E-state index in [0.29, 0.717) is 34.8 Å². The molecule has 1 unspecified atom stereocenters. The molecule has 0 spiro atoms. The summed E-state index contributed by atoms with van der Waals surface area (Å²) in [5.41, 5.74) is 3.69. The zero-order valence-electron chi connectivity index (χ0n) is 19.1. The number of hydrogen-bond donors (Lipinski definition) is 1. The van der Waals surface area contributed by atoms with E-state index in [0.717, 1.165) is 36.9 Å². The van der Waals surface area contributed by atoms with E-state index < -0.39 is 0 Å². The van der Waals surface area contributed by atoms with Crippen molar-refractivity contribution in [1.29, 1.82) is 0 Å². The number of carbonyl (C=O) groups excluding carboxylic acids is 2. The first kappa shape index (κ1) is 24.5. The number of aromatic nitrogens is 2. The van der Waals surface area contributed by atoms with Crippen LogP contribution in [0.3, 0.4) is 0 Å². The molecule has 3 aromatic rings. The van der Waals surface area contributed by atoms with Gasteiger partial charge in [0, 0.05) is 35.6 Å². The van der Waals surface area contributed by atoms with E-state index in [-0.39, 0.29) is 30.3 Å². The average Bonchev–Trinajstić information content (AvgIpc) is 2.79. The highest BCUT2D eigenvalue weighted by Crippen LogP contribution is 2.31. The predicted molar refractivity (Wildman–Crippen MR) is 132 cm³/mol. The second-order valence-electron chi connectivity index (χ2n) is 8.14. The molecule has 33 heavy (non-hydrogen) atoms. The number of nitrogens with zero attached hydrogens (tertiary/aromatic N) is 3. The smallest absolute Gasteiger partial charge is 0.338 e. The highest BCUT2D eigenvalue weighted by Gasteiger charge is 2.27. The maximum Gasteiger partial charge on any atom is 0.338 e. The van der Waals surface area contributed by atoms with Gasteiger partial charge < -0.3 is 15.0 Å². The fourth-order valence-corrected chi connectivity index (χ4v) is 4.11. The predicted octanol–water partition coefficient (Wildman–Crippen LogP) is 5.29. The van der Waals surface area contributed by atoms with Gasteiger partial charge in [0.05, 0.1) is 23.4 Å². The molecule has 7 nitrogen and oxygen atoms in total. The molecular weight excluding hydrogens is 440 g/mol. The number of esters is 1. The van der Waals surface area contributed by atoms with Crippen LogP contribution in [0.4, 0.5) is 11.4 Å². The number of hydrogen-bond acceptors (Lipinski definition) is 6. The van der Waals surface area contributed by atoms with E-state index in [1.807, 2.05) is 30.0 Å². The standard InChI is InChI=1S/C25H28N4O3.ClH/c1-4-32-25(31)18-9-7-10-19(14-18)28-22-20-12-11-16(2)27-23(20)26-15-21(22)24(30)29-13-6-5-8-17(29)3;/h7,9-12,14-15,17H,4-6,8,13H2,1-3H3,(H,26,27,28);1H. The van der Waals surface area contributed by atoms with Gasteiger partial charge in [-0.05, 0) is 70.4 Å². The number of halogens is 1. The van der Waals surface area contributed by atoms with Crippen molar-refractivity contribution in [3.8, 4) is 0 Å². The van der Waals surface area contributed by atoms with E-state index in [1.54, 1.807) is 31.3 Å². The maximum absolute atomic E-state index is 13.5. The molecule has 2 aromatic heterocycles. The number of carbonyl (C=O) groups is 2. The summed E-state index contributed by atoms with van der Waals surface area (Å²) in [5.74, 6) is -0.428. The van der Waals surface area contributed by atoms with Crippen molar-refractivity contribution in [2.24, 2.45) is 0 Å². The molecule has 1 amide bonds. The van der Waals surface area contributed by atoms with Crippen molar-refractivity contribution < 1.29 is 14.3 Å². The van der Waals surface area contributed by atoms with Crippen LogP contribution in [-0.2, 0) is 4.74 Å². The quantitative estimate of drug-likeness (QED) is 0.512. The number of piperidine rings is 1. The Morgan fingerprint density at radius 3 is 2.79 bits per heavy atom. The van der Waals surface area contributed by atoms with Gasteiger partial charge in [0.15, 0.2) is 5.65 Å². The zero-order valence-corrected chi connectivity index (χ0v) is 19.9. The van der Waals surface area contributed by atoms with Crippen molar-refractivity contribution in [2.45, 2.75) is 46.1 Å². The van der Waals surface area contributed by atoms with E-state index >= 15 is 0 Å². The zero-order chi connectivity index (χ0) is 22.7. The summed E-state index contributed by atoms with van der Waals surface area (Å²) in [4.78, 5) is 36.7. The number of pyridine rings is 2. The molecule has 1 aromatic carbocycles. The van der Waals surface area contributed by atoms with E-state index in [1.165, 1.54) is 0 Å². The van der Waals surface area contributed by atoms with Crippen molar-refractivity contribution in [2.75, 3.05) is 18.5 Å². The largest absolute Gasteiger partial charge is 0.462 e. The molecule has 174 valence electrons. The number of aryl methyl sites for hydroxylation is 1. The van der Waals surface area contributed by atoms with Gasteiger partial charge in [0.2, 0.25) is 0 Å². The first-order valence-corrected chi connectivity index (χ1v) is 11.1. The minimum absolute atomic E-state index is 0. The molecule has 0 aliphatic carbocycles. The summed E-state index contributed by atoms with van der Waals surface area (Å²) in [5, 5.41) is 4.13. The highest BCUT2D eigenvalue weighted by atomic mass is 35.5. The molecular formula is C25H29ClN4O3. The van der Waals surface area contributed by atoms with E-state index in [4.69, 9.17) is 4.74 Å². The summed E-state index contributed by atoms with van der Waals surface area (Å²) in [7, 11) is 0. The van der Waals surface area contributed by atoms with Crippen molar-refractivity contribution >= 4 is 46.7 Å². The fourth-order valence-electron chi connectivity index (χ4n) is 4.11. The lowest BCUT2D eigenvalue weighted by Crippen LogP contribution is -2.42. The van der Waals surface area contributed by atoms with Crippen molar-refractivity contribution in [3.63, 3.8) is 0 Å². The SMILES string of the molecule is CCOC(=O)c1cccc(Nc2c(C(=O)N3CCCCC3C)cnc3nc(C)ccc23)c1.Cl. The summed E-state index contributed by atoms with van der Waals surface area (Å²) >= 11 is 0. The Balaban J connectivity index is 0.00000306. The number of benzene rings is 1. The summed E-state index contributed by atoms with van der Waals surface area (Å²) in [6.07, 6.45) is 4.74. The number of fused-ring (bicyclic) bond motifs is 1. The Hall–Kier alpha value is -3.19. The topological polar surface area (TPSA) is 84.4 Å². The van der Waals surface area contributed by atoms with Crippen molar-refractivity contribution in [3.05, 3.63) is 59.4 Å². The normalized spacial score (nSPS) is 15.6. The van der Waals surface area contributed by atoms with E-state index in [9.17, 15) is 9.59 Å². The molecule has 1 N–H and O–H groups in total. The van der Waals surface area contributed by atoms with Crippen LogP contribution in [0.15, 0.2) is 42.6 Å². The fraction of sp³-hybridized carbons (Fsp3) is 0.360. The van der Waals surface area contributed by atoms with Crippen LogP contribution in [0.25, 0.3) is 11.0 Å². The van der Waals surface area contributed by atoms with Crippen LogP contribution in [-0.4, -0.2) is 45.9 Å². The molecule has 0 bridgehead atoms. The summed E-state index contributed by atoms with van der Waals surface area (Å²) in [6, 6.07) is 11.1. The number of amides is 1. The van der Waals surface area contributed by atoms with Crippen LogP contribution >= 0.6 is 12.4 Å². The van der Waals surface area contributed by atoms with Gasteiger partial charge in [-0.25, -0.2) is 14.8 Å². The third-order valence-corrected chi connectivity index (χ3v) is 5.81.